The van der Waals surface area contributed by atoms with Crippen LogP contribution in [-0.2, 0) is 4.74 Å². The molecule has 22 heavy (non-hydrogen) atoms. The highest BCUT2D eigenvalue weighted by atomic mass is 32.1. The van der Waals surface area contributed by atoms with Crippen LogP contribution in [0.15, 0.2) is 18.2 Å². The Morgan fingerprint density at radius 3 is 2.64 bits per heavy atom. The zero-order chi connectivity index (χ0) is 16.1. The summed E-state index contributed by atoms with van der Waals surface area (Å²) in [5, 5.41) is 0.752. The third-order valence-corrected chi connectivity index (χ3v) is 4.15. The molecule has 0 fully saturated rings. The van der Waals surface area contributed by atoms with E-state index in [1.807, 2.05) is 25.1 Å². The van der Waals surface area contributed by atoms with Gasteiger partial charge in [-0.3, -0.25) is 0 Å². The Hall–Kier alpha value is -2.08. The first-order valence-electron chi connectivity index (χ1n) is 7.06. The lowest BCUT2D eigenvalue weighted by atomic mass is 10.2. The molecule has 5 nitrogen and oxygen atoms in total. The van der Waals surface area contributed by atoms with Crippen LogP contribution in [0.1, 0.15) is 29.2 Å². The van der Waals surface area contributed by atoms with Crippen LogP contribution in [0.4, 0.5) is 0 Å². The van der Waals surface area contributed by atoms with Crippen LogP contribution in [0.3, 0.4) is 0 Å². The molecule has 1 aromatic heterocycles. The van der Waals surface area contributed by atoms with E-state index in [1.54, 1.807) is 21.0 Å². The van der Waals surface area contributed by atoms with Gasteiger partial charge in [-0.05, 0) is 39.0 Å². The number of carbonyl (C=O) groups is 1. The van der Waals surface area contributed by atoms with Crippen LogP contribution in [0.5, 0.6) is 11.5 Å². The zero-order valence-electron chi connectivity index (χ0n) is 13.1. The van der Waals surface area contributed by atoms with E-state index in [4.69, 9.17) is 14.2 Å². The first-order chi connectivity index (χ1) is 10.6. The number of hydrogen-bond donors (Lipinski definition) is 0. The molecule has 0 atom stereocenters. The van der Waals surface area contributed by atoms with Crippen LogP contribution in [0.25, 0.3) is 10.6 Å². The number of nitrogens with zero attached hydrogens (tertiary/aromatic N) is 1. The van der Waals surface area contributed by atoms with Crippen molar-refractivity contribution in [3.05, 3.63) is 28.8 Å². The maximum Gasteiger partial charge on any atom is 0.350 e. The van der Waals surface area contributed by atoms with Crippen molar-refractivity contribution in [2.24, 2.45) is 0 Å². The number of aromatic nitrogens is 1. The number of hydrogen-bond acceptors (Lipinski definition) is 6. The summed E-state index contributed by atoms with van der Waals surface area (Å²) >= 11 is 1.32. The number of ether oxygens (including phenoxy) is 3. The van der Waals surface area contributed by atoms with Crippen LogP contribution in [0, 0.1) is 6.92 Å². The molecule has 0 aliphatic rings. The minimum absolute atomic E-state index is 0.332. The Labute approximate surface area is 133 Å². The van der Waals surface area contributed by atoms with Gasteiger partial charge >= 0.3 is 5.97 Å². The fourth-order valence-electron chi connectivity index (χ4n) is 1.98. The Bertz CT molecular complexity index is 666. The summed E-state index contributed by atoms with van der Waals surface area (Å²) in [7, 11) is 1.60. The van der Waals surface area contributed by atoms with E-state index in [-0.39, 0.29) is 5.97 Å². The Balaban J connectivity index is 2.36. The van der Waals surface area contributed by atoms with Gasteiger partial charge in [0.1, 0.15) is 9.88 Å². The largest absolute Gasteiger partial charge is 0.493 e. The van der Waals surface area contributed by atoms with Gasteiger partial charge in [-0.25, -0.2) is 9.78 Å². The second-order valence-corrected chi connectivity index (χ2v) is 5.45. The topological polar surface area (TPSA) is 57.7 Å². The monoisotopic (exact) mass is 321 g/mol. The molecule has 0 aliphatic carbocycles. The molecule has 0 spiro atoms. The number of methoxy groups -OCH3 is 1. The van der Waals surface area contributed by atoms with Gasteiger partial charge in [-0.2, -0.15) is 0 Å². The third-order valence-electron chi connectivity index (χ3n) is 2.97. The second-order valence-electron chi connectivity index (χ2n) is 4.45. The van der Waals surface area contributed by atoms with Gasteiger partial charge in [0.15, 0.2) is 11.5 Å². The van der Waals surface area contributed by atoms with Crippen molar-refractivity contribution in [1.82, 2.24) is 4.98 Å². The lowest BCUT2D eigenvalue weighted by molar-refractivity contribution is 0.0531. The van der Waals surface area contributed by atoms with Gasteiger partial charge in [0.2, 0.25) is 0 Å². The molecule has 0 radical (unpaired) electrons. The van der Waals surface area contributed by atoms with Gasteiger partial charge < -0.3 is 14.2 Å². The number of benzene rings is 1. The van der Waals surface area contributed by atoms with E-state index >= 15 is 0 Å². The Kier molecular flexibility index (Phi) is 5.38. The minimum atomic E-state index is -0.332. The van der Waals surface area contributed by atoms with Crippen molar-refractivity contribution in [2.75, 3.05) is 20.3 Å². The van der Waals surface area contributed by atoms with Gasteiger partial charge in [0.05, 0.1) is 26.0 Å². The van der Waals surface area contributed by atoms with Crippen LogP contribution in [-0.4, -0.2) is 31.3 Å². The Morgan fingerprint density at radius 1 is 1.23 bits per heavy atom. The molecular weight excluding hydrogens is 302 g/mol. The predicted octanol–water partition coefficient (Wildman–Crippen LogP) is 3.70. The maximum atomic E-state index is 11.9. The number of carbonyl (C=O) groups excluding carboxylic acids is 1. The quantitative estimate of drug-likeness (QED) is 0.759. The number of aryl methyl sites for hydroxylation is 1. The average molecular weight is 321 g/mol. The summed E-state index contributed by atoms with van der Waals surface area (Å²) < 4.78 is 15.9. The number of rotatable bonds is 6. The number of esters is 1. The van der Waals surface area contributed by atoms with Crippen LogP contribution < -0.4 is 9.47 Å². The fourth-order valence-corrected chi connectivity index (χ4v) is 2.94. The molecule has 6 heteroatoms. The molecule has 0 amide bonds. The summed E-state index contributed by atoms with van der Waals surface area (Å²) in [6.07, 6.45) is 0. The zero-order valence-corrected chi connectivity index (χ0v) is 14.0. The molecule has 2 rings (SSSR count). The summed E-state index contributed by atoms with van der Waals surface area (Å²) in [5.41, 5.74) is 1.55. The second kappa shape index (κ2) is 7.26. The molecule has 0 unspecified atom stereocenters. The standard InChI is InChI=1S/C16H19NO4S/c1-5-20-12-8-7-11(9-13(12)19-4)15-17-10(3)14(22-15)16(18)21-6-2/h7-9H,5-6H2,1-4H3. The van der Waals surface area contributed by atoms with Gasteiger partial charge in [0.25, 0.3) is 0 Å². The van der Waals surface area contributed by atoms with E-state index in [0.29, 0.717) is 35.3 Å². The highest BCUT2D eigenvalue weighted by Crippen LogP contribution is 2.35. The van der Waals surface area contributed by atoms with Crippen molar-refractivity contribution in [1.29, 1.82) is 0 Å². The van der Waals surface area contributed by atoms with Crippen LogP contribution in [0.2, 0.25) is 0 Å². The minimum Gasteiger partial charge on any atom is -0.493 e. The summed E-state index contributed by atoms with van der Waals surface area (Å²) in [6, 6.07) is 5.61. The molecule has 0 aliphatic heterocycles. The SMILES string of the molecule is CCOC(=O)c1sc(-c2ccc(OCC)c(OC)c2)nc1C. The van der Waals surface area contributed by atoms with Crippen molar-refractivity contribution < 1.29 is 19.0 Å². The van der Waals surface area contributed by atoms with Gasteiger partial charge in [-0.15, -0.1) is 11.3 Å². The lowest BCUT2D eigenvalue weighted by Gasteiger charge is -2.09. The predicted molar refractivity (Wildman–Crippen MR) is 86.0 cm³/mol. The maximum absolute atomic E-state index is 11.9. The van der Waals surface area contributed by atoms with E-state index < -0.39 is 0 Å². The van der Waals surface area contributed by atoms with Gasteiger partial charge in [-0.1, -0.05) is 0 Å². The summed E-state index contributed by atoms with van der Waals surface area (Å²) in [4.78, 5) is 16.9. The third kappa shape index (κ3) is 3.39. The number of thiazole rings is 1. The van der Waals surface area contributed by atoms with Crippen LogP contribution >= 0.6 is 11.3 Å². The normalized spacial score (nSPS) is 10.4. The molecule has 0 N–H and O–H groups in total. The summed E-state index contributed by atoms with van der Waals surface area (Å²) in [5.74, 6) is 0.999. The van der Waals surface area contributed by atoms with Gasteiger partial charge in [0, 0.05) is 5.56 Å². The van der Waals surface area contributed by atoms with Crippen molar-refractivity contribution in [2.45, 2.75) is 20.8 Å². The molecule has 1 aromatic carbocycles. The molecule has 0 bridgehead atoms. The molecular formula is C16H19NO4S. The van der Waals surface area contributed by atoms with E-state index in [0.717, 1.165) is 10.6 Å². The highest BCUT2D eigenvalue weighted by Gasteiger charge is 2.18. The molecule has 118 valence electrons. The lowest BCUT2D eigenvalue weighted by Crippen LogP contribution is -2.03. The highest BCUT2D eigenvalue weighted by molar-refractivity contribution is 7.17. The summed E-state index contributed by atoms with van der Waals surface area (Å²) in [6.45, 7) is 6.43. The first kappa shape index (κ1) is 16.3. The molecule has 1 heterocycles. The molecule has 0 saturated heterocycles. The van der Waals surface area contributed by atoms with Crippen molar-refractivity contribution >= 4 is 17.3 Å². The molecule has 0 saturated carbocycles. The first-order valence-corrected chi connectivity index (χ1v) is 7.88. The Morgan fingerprint density at radius 2 is 2.00 bits per heavy atom. The van der Waals surface area contributed by atoms with E-state index in [9.17, 15) is 4.79 Å². The van der Waals surface area contributed by atoms with E-state index in [1.165, 1.54) is 11.3 Å². The molecule has 2 aromatic rings. The average Bonchev–Trinajstić information content (AvgIpc) is 2.90. The smallest absolute Gasteiger partial charge is 0.350 e. The van der Waals surface area contributed by atoms with Crippen molar-refractivity contribution in [3.63, 3.8) is 0 Å². The van der Waals surface area contributed by atoms with E-state index in [2.05, 4.69) is 4.98 Å². The van der Waals surface area contributed by atoms with Crippen molar-refractivity contribution in [3.8, 4) is 22.1 Å². The fraction of sp³-hybridized carbons (Fsp3) is 0.375.